The van der Waals surface area contributed by atoms with Crippen molar-refractivity contribution in [3.05, 3.63) is 23.9 Å². The van der Waals surface area contributed by atoms with E-state index in [4.69, 9.17) is 0 Å². The van der Waals surface area contributed by atoms with E-state index < -0.39 is 0 Å². The summed E-state index contributed by atoms with van der Waals surface area (Å²) in [6, 6.07) is 4.96. The van der Waals surface area contributed by atoms with Gasteiger partial charge in [-0.15, -0.1) is 0 Å². The van der Waals surface area contributed by atoms with Crippen molar-refractivity contribution in [1.82, 2.24) is 9.88 Å². The van der Waals surface area contributed by atoms with Gasteiger partial charge in [0.1, 0.15) is 5.82 Å². The summed E-state index contributed by atoms with van der Waals surface area (Å²) in [6.07, 6.45) is 4.81. The number of nitrogens with zero attached hydrogens (tertiary/aromatic N) is 3. The Bertz CT molecular complexity index is 457. The molecule has 3 rings (SSSR count). The molecule has 2 atom stereocenters. The van der Waals surface area contributed by atoms with Crippen LogP contribution in [-0.2, 0) is 4.79 Å². The zero-order valence-electron chi connectivity index (χ0n) is 11.7. The predicted molar refractivity (Wildman–Crippen MR) is 75.1 cm³/mol. The lowest BCUT2D eigenvalue weighted by molar-refractivity contribution is -0.134. The van der Waals surface area contributed by atoms with Crippen molar-refractivity contribution in [2.75, 3.05) is 18.0 Å². The molecule has 3 heterocycles. The standard InChI is InChI=1S/C15H21N3O/c1-3-15(19)18-12-5-6-13(18)10-17(9-12)14-7-4-11(2)8-16-14/h4,7-8,12-13H,3,5-6,9-10H2,1-2H3. The van der Waals surface area contributed by atoms with Crippen molar-refractivity contribution in [3.63, 3.8) is 0 Å². The summed E-state index contributed by atoms with van der Waals surface area (Å²) in [5.41, 5.74) is 1.19. The number of piperazine rings is 1. The van der Waals surface area contributed by atoms with Crippen LogP contribution in [0.3, 0.4) is 0 Å². The molecule has 0 radical (unpaired) electrons. The van der Waals surface area contributed by atoms with E-state index in [0.717, 1.165) is 31.7 Å². The van der Waals surface area contributed by atoms with Crippen LogP contribution in [0.4, 0.5) is 5.82 Å². The number of aryl methyl sites for hydroxylation is 1. The average molecular weight is 259 g/mol. The lowest BCUT2D eigenvalue weighted by atomic mass is 10.1. The van der Waals surface area contributed by atoms with Gasteiger partial charge in [0.05, 0.1) is 0 Å². The van der Waals surface area contributed by atoms with Gasteiger partial charge in [0.25, 0.3) is 0 Å². The molecule has 102 valence electrons. The van der Waals surface area contributed by atoms with E-state index in [1.54, 1.807) is 0 Å². The highest BCUT2D eigenvalue weighted by Gasteiger charge is 2.42. The fraction of sp³-hybridized carbons (Fsp3) is 0.600. The summed E-state index contributed by atoms with van der Waals surface area (Å²) in [4.78, 5) is 21.0. The predicted octanol–water partition coefficient (Wildman–Crippen LogP) is 1.98. The molecule has 2 saturated heterocycles. The maximum Gasteiger partial charge on any atom is 0.222 e. The van der Waals surface area contributed by atoms with Crippen LogP contribution in [0.1, 0.15) is 31.7 Å². The first kappa shape index (κ1) is 12.5. The lowest BCUT2D eigenvalue weighted by Crippen LogP contribution is -2.56. The zero-order valence-corrected chi connectivity index (χ0v) is 11.7. The van der Waals surface area contributed by atoms with Crippen molar-refractivity contribution >= 4 is 11.7 Å². The smallest absolute Gasteiger partial charge is 0.222 e. The Balaban J connectivity index is 1.77. The van der Waals surface area contributed by atoms with Crippen LogP contribution in [0, 0.1) is 6.92 Å². The maximum atomic E-state index is 12.0. The molecule has 2 aliphatic rings. The molecule has 4 nitrogen and oxygen atoms in total. The second kappa shape index (κ2) is 4.83. The first-order valence-corrected chi connectivity index (χ1v) is 7.18. The molecule has 19 heavy (non-hydrogen) atoms. The van der Waals surface area contributed by atoms with Crippen molar-refractivity contribution in [2.24, 2.45) is 0 Å². The number of hydrogen-bond donors (Lipinski definition) is 0. The normalized spacial score (nSPS) is 25.8. The molecule has 1 aromatic rings. The molecule has 0 spiro atoms. The molecule has 0 N–H and O–H groups in total. The first-order chi connectivity index (χ1) is 9.19. The molecule has 1 aromatic heterocycles. The minimum Gasteiger partial charge on any atom is -0.352 e. The van der Waals surface area contributed by atoms with E-state index in [1.807, 2.05) is 13.1 Å². The highest BCUT2D eigenvalue weighted by atomic mass is 16.2. The van der Waals surface area contributed by atoms with Crippen LogP contribution >= 0.6 is 0 Å². The molecule has 1 amide bonds. The quantitative estimate of drug-likeness (QED) is 0.815. The summed E-state index contributed by atoms with van der Waals surface area (Å²) < 4.78 is 0. The summed E-state index contributed by atoms with van der Waals surface area (Å²) in [5.74, 6) is 1.36. The molecular weight excluding hydrogens is 238 g/mol. The van der Waals surface area contributed by atoms with Gasteiger partial charge in [0.2, 0.25) is 5.91 Å². The van der Waals surface area contributed by atoms with Crippen molar-refractivity contribution < 1.29 is 4.79 Å². The maximum absolute atomic E-state index is 12.0. The second-order valence-electron chi connectivity index (χ2n) is 5.64. The van der Waals surface area contributed by atoms with Gasteiger partial charge in [0.15, 0.2) is 0 Å². The number of carbonyl (C=O) groups excluding carboxylic acids is 1. The Hall–Kier alpha value is -1.58. The van der Waals surface area contributed by atoms with E-state index in [0.29, 0.717) is 24.4 Å². The third-order valence-corrected chi connectivity index (χ3v) is 4.29. The number of carbonyl (C=O) groups is 1. The van der Waals surface area contributed by atoms with Gasteiger partial charge in [-0.25, -0.2) is 4.98 Å². The molecular formula is C15H21N3O. The Labute approximate surface area is 114 Å². The van der Waals surface area contributed by atoms with E-state index in [2.05, 4.69) is 33.8 Å². The van der Waals surface area contributed by atoms with Crippen LogP contribution in [0.15, 0.2) is 18.3 Å². The van der Waals surface area contributed by atoms with E-state index in [1.165, 1.54) is 5.56 Å². The fourth-order valence-corrected chi connectivity index (χ4v) is 3.33. The SMILES string of the molecule is CCC(=O)N1C2CCC1CN(c1ccc(C)cn1)C2. The van der Waals surface area contributed by atoms with Crippen LogP contribution < -0.4 is 4.90 Å². The van der Waals surface area contributed by atoms with Crippen LogP contribution in [0.2, 0.25) is 0 Å². The Morgan fingerprint density at radius 2 is 2.00 bits per heavy atom. The molecule has 2 bridgehead atoms. The Kier molecular flexibility index (Phi) is 3.17. The highest BCUT2D eigenvalue weighted by Crippen LogP contribution is 2.32. The number of hydrogen-bond acceptors (Lipinski definition) is 3. The van der Waals surface area contributed by atoms with Gasteiger partial charge in [-0.05, 0) is 31.4 Å². The van der Waals surface area contributed by atoms with Gasteiger partial charge >= 0.3 is 0 Å². The van der Waals surface area contributed by atoms with Crippen LogP contribution in [-0.4, -0.2) is 41.0 Å². The number of anilines is 1. The van der Waals surface area contributed by atoms with Gasteiger partial charge in [0, 0.05) is 37.8 Å². The van der Waals surface area contributed by atoms with Gasteiger partial charge in [-0.3, -0.25) is 4.79 Å². The number of rotatable bonds is 2. The van der Waals surface area contributed by atoms with Crippen LogP contribution in [0.5, 0.6) is 0 Å². The average Bonchev–Trinajstić information content (AvgIpc) is 2.69. The van der Waals surface area contributed by atoms with Crippen molar-refractivity contribution in [1.29, 1.82) is 0 Å². The number of aromatic nitrogens is 1. The van der Waals surface area contributed by atoms with E-state index in [-0.39, 0.29) is 0 Å². The van der Waals surface area contributed by atoms with E-state index >= 15 is 0 Å². The summed E-state index contributed by atoms with van der Waals surface area (Å²) >= 11 is 0. The Morgan fingerprint density at radius 1 is 1.32 bits per heavy atom. The highest BCUT2D eigenvalue weighted by molar-refractivity contribution is 5.77. The monoisotopic (exact) mass is 259 g/mol. The molecule has 2 fully saturated rings. The molecule has 0 aliphatic carbocycles. The minimum atomic E-state index is 0.309. The summed E-state index contributed by atoms with van der Waals surface area (Å²) in [7, 11) is 0. The third-order valence-electron chi connectivity index (χ3n) is 4.29. The van der Waals surface area contributed by atoms with Crippen LogP contribution in [0.25, 0.3) is 0 Å². The first-order valence-electron chi connectivity index (χ1n) is 7.18. The largest absolute Gasteiger partial charge is 0.352 e. The van der Waals surface area contributed by atoms with Crippen molar-refractivity contribution in [3.8, 4) is 0 Å². The van der Waals surface area contributed by atoms with Gasteiger partial charge < -0.3 is 9.80 Å². The molecule has 2 aliphatic heterocycles. The van der Waals surface area contributed by atoms with Crippen molar-refractivity contribution in [2.45, 2.75) is 45.2 Å². The summed E-state index contributed by atoms with van der Waals surface area (Å²) in [6.45, 7) is 5.87. The molecule has 0 saturated carbocycles. The fourth-order valence-electron chi connectivity index (χ4n) is 3.33. The topological polar surface area (TPSA) is 36.4 Å². The summed E-state index contributed by atoms with van der Waals surface area (Å²) in [5, 5.41) is 0. The zero-order chi connectivity index (χ0) is 13.4. The number of amides is 1. The number of fused-ring (bicyclic) bond motifs is 2. The molecule has 0 aromatic carbocycles. The van der Waals surface area contributed by atoms with Gasteiger partial charge in [-0.2, -0.15) is 0 Å². The second-order valence-corrected chi connectivity index (χ2v) is 5.64. The number of pyridine rings is 1. The van der Waals surface area contributed by atoms with Gasteiger partial charge in [-0.1, -0.05) is 13.0 Å². The lowest BCUT2D eigenvalue weighted by Gasteiger charge is -2.41. The third kappa shape index (κ3) is 2.20. The van der Waals surface area contributed by atoms with E-state index in [9.17, 15) is 4.79 Å². The minimum absolute atomic E-state index is 0.309. The molecule has 2 unspecified atom stereocenters. The molecule has 4 heteroatoms. The Morgan fingerprint density at radius 3 is 2.53 bits per heavy atom.